The second-order valence-corrected chi connectivity index (χ2v) is 19.9. The Balaban J connectivity index is 3.05. The quantitative estimate of drug-likeness (QED) is 0.575. The van der Waals surface area contributed by atoms with Crippen molar-refractivity contribution in [3.8, 4) is 5.75 Å². The van der Waals surface area contributed by atoms with Crippen molar-refractivity contribution in [2.45, 2.75) is 91.0 Å². The lowest BCUT2D eigenvalue weighted by molar-refractivity contribution is 0.210. The smallest absolute Gasteiger partial charge is 0.409 e. The molecule has 0 radical (unpaired) electrons. The Morgan fingerprint density at radius 1 is 0.893 bits per heavy atom. The van der Waals surface area contributed by atoms with Crippen molar-refractivity contribution in [3.63, 3.8) is 0 Å². The zero-order valence-electron chi connectivity index (χ0n) is 19.2. The van der Waals surface area contributed by atoms with E-state index >= 15 is 0 Å². The summed E-state index contributed by atoms with van der Waals surface area (Å²) in [5.74, 6) is 0.366. The number of hydrogen-bond acceptors (Lipinski definition) is 5. The molecule has 28 heavy (non-hydrogen) atoms. The Morgan fingerprint density at radius 2 is 1.25 bits per heavy atom. The molecule has 8 heteroatoms. The van der Waals surface area contributed by atoms with Crippen molar-refractivity contribution in [2.75, 3.05) is 0 Å². The number of nitrogens with two attached hydrogens (primary N) is 1. The van der Waals surface area contributed by atoms with E-state index in [1.165, 1.54) is 0 Å². The van der Waals surface area contributed by atoms with E-state index in [9.17, 15) is 4.79 Å². The topological polar surface area (TPSA) is 83.7 Å². The van der Waals surface area contributed by atoms with Crippen LogP contribution in [0.5, 0.6) is 5.75 Å². The number of hydrogen-bond donors (Lipinski definition) is 1. The van der Waals surface area contributed by atoms with E-state index in [2.05, 4.69) is 72.7 Å². The van der Waals surface area contributed by atoms with E-state index in [0.717, 1.165) is 0 Å². The summed E-state index contributed by atoms with van der Waals surface area (Å²) in [4.78, 5) is 15.9. The number of nitrogens with zero attached hydrogens (tertiary/aromatic N) is 1. The van der Waals surface area contributed by atoms with Crippen LogP contribution in [0.1, 0.15) is 52.9 Å². The average molecular weight is 427 g/mol. The van der Waals surface area contributed by atoms with Gasteiger partial charge in [-0.25, -0.2) is 4.79 Å². The van der Waals surface area contributed by atoms with Gasteiger partial charge < -0.3 is 19.3 Å². The van der Waals surface area contributed by atoms with Crippen LogP contribution in [0.3, 0.4) is 0 Å². The normalized spacial score (nSPS) is 13.5. The number of rotatable bonds is 7. The van der Waals surface area contributed by atoms with Gasteiger partial charge in [0.25, 0.3) is 0 Å². The Labute approximate surface area is 172 Å². The van der Waals surface area contributed by atoms with Crippen LogP contribution in [0, 0.1) is 0 Å². The van der Waals surface area contributed by atoms with Gasteiger partial charge in [-0.05, 0) is 36.3 Å². The van der Waals surface area contributed by atoms with Crippen LogP contribution < -0.4 is 10.5 Å². The molecule has 1 heterocycles. The number of primary amides is 1. The van der Waals surface area contributed by atoms with Gasteiger partial charge in [-0.15, -0.1) is 0 Å². The monoisotopic (exact) mass is 426 g/mol. The van der Waals surface area contributed by atoms with Crippen LogP contribution in [-0.4, -0.2) is 27.7 Å². The zero-order valence-corrected chi connectivity index (χ0v) is 21.2. The second kappa shape index (κ2) is 8.65. The zero-order chi connectivity index (χ0) is 22.0. The Morgan fingerprint density at radius 3 is 1.54 bits per heavy atom. The molecule has 0 aromatic carbocycles. The number of ether oxygens (including phenoxy) is 1. The van der Waals surface area contributed by atoms with Gasteiger partial charge in [0.2, 0.25) is 0 Å². The minimum absolute atomic E-state index is 0.0998. The highest BCUT2D eigenvalue weighted by atomic mass is 28.4. The fourth-order valence-corrected chi connectivity index (χ4v) is 3.77. The molecule has 0 atom stereocenters. The van der Waals surface area contributed by atoms with Gasteiger partial charge in [-0.3, -0.25) is 4.98 Å². The molecule has 6 nitrogen and oxygen atoms in total. The standard InChI is InChI=1S/C20H38N2O4Si2/c1-19(2,3)27(7,8)24-13-15-11-17(26-18(21)23)12-16(22-15)14-25-28(9,10)20(4,5)6/h11-12H,13-14H2,1-10H3,(H2,21,23). The molecule has 160 valence electrons. The summed E-state index contributed by atoms with van der Waals surface area (Å²) in [5, 5.41) is 0.200. The fourth-order valence-electron chi connectivity index (χ4n) is 1.88. The van der Waals surface area contributed by atoms with Crippen molar-refractivity contribution in [3.05, 3.63) is 23.5 Å². The highest BCUT2D eigenvalue weighted by Gasteiger charge is 2.38. The number of pyridine rings is 1. The minimum Gasteiger partial charge on any atom is -0.411 e. The summed E-state index contributed by atoms with van der Waals surface area (Å²) in [5.41, 5.74) is 6.61. The minimum atomic E-state index is -1.92. The third-order valence-electron chi connectivity index (χ3n) is 5.90. The first-order valence-electron chi connectivity index (χ1n) is 9.70. The van der Waals surface area contributed by atoms with Crippen molar-refractivity contribution in [1.29, 1.82) is 0 Å². The summed E-state index contributed by atoms with van der Waals surface area (Å²) in [6.45, 7) is 22.6. The highest BCUT2D eigenvalue weighted by molar-refractivity contribution is 6.74. The molecule has 0 aliphatic heterocycles. The van der Waals surface area contributed by atoms with Crippen molar-refractivity contribution >= 4 is 22.7 Å². The maximum absolute atomic E-state index is 11.2. The number of aromatic nitrogens is 1. The molecule has 0 bridgehead atoms. The summed E-state index contributed by atoms with van der Waals surface area (Å²) >= 11 is 0. The van der Waals surface area contributed by atoms with Crippen LogP contribution in [0.25, 0.3) is 0 Å². The first-order chi connectivity index (χ1) is 12.4. The summed E-state index contributed by atoms with van der Waals surface area (Å²) in [7, 11) is -3.85. The van der Waals surface area contributed by atoms with Gasteiger partial charge in [-0.1, -0.05) is 41.5 Å². The largest absolute Gasteiger partial charge is 0.411 e. The first-order valence-corrected chi connectivity index (χ1v) is 15.5. The lowest BCUT2D eigenvalue weighted by Crippen LogP contribution is -2.40. The van der Waals surface area contributed by atoms with Crippen molar-refractivity contribution in [2.24, 2.45) is 5.73 Å². The molecule has 1 aromatic heterocycles. The summed E-state index contributed by atoms with van der Waals surface area (Å²) < 4.78 is 17.6. The molecular formula is C20H38N2O4Si2. The number of carbonyl (C=O) groups excluding carboxylic acids is 1. The van der Waals surface area contributed by atoms with Crippen LogP contribution in [0.4, 0.5) is 4.79 Å². The van der Waals surface area contributed by atoms with Crippen LogP contribution in [0.2, 0.25) is 36.3 Å². The molecule has 0 unspecified atom stereocenters. The van der Waals surface area contributed by atoms with Gasteiger partial charge in [0, 0.05) is 12.1 Å². The van der Waals surface area contributed by atoms with E-state index in [1.807, 2.05) is 0 Å². The number of amides is 1. The predicted octanol–water partition coefficient (Wildman–Crippen LogP) is 5.58. The molecular weight excluding hydrogens is 388 g/mol. The molecule has 1 aromatic rings. The third-order valence-corrected chi connectivity index (χ3v) is 14.9. The van der Waals surface area contributed by atoms with Gasteiger partial charge in [0.05, 0.1) is 24.6 Å². The first kappa shape index (κ1) is 24.8. The van der Waals surface area contributed by atoms with Crippen LogP contribution >= 0.6 is 0 Å². The van der Waals surface area contributed by atoms with Gasteiger partial charge in [0.15, 0.2) is 16.6 Å². The van der Waals surface area contributed by atoms with E-state index in [-0.39, 0.29) is 10.1 Å². The van der Waals surface area contributed by atoms with Crippen molar-refractivity contribution in [1.82, 2.24) is 4.98 Å². The predicted molar refractivity (Wildman–Crippen MR) is 118 cm³/mol. The molecule has 0 saturated carbocycles. The lowest BCUT2D eigenvalue weighted by Gasteiger charge is -2.36. The number of carbonyl (C=O) groups is 1. The maximum atomic E-state index is 11.2. The molecule has 0 spiro atoms. The molecule has 2 N–H and O–H groups in total. The van der Waals surface area contributed by atoms with Crippen molar-refractivity contribution < 1.29 is 18.4 Å². The van der Waals surface area contributed by atoms with Crippen LogP contribution in [-0.2, 0) is 22.1 Å². The Kier molecular flexibility index (Phi) is 7.66. The van der Waals surface area contributed by atoms with Gasteiger partial charge in [0.1, 0.15) is 5.75 Å². The average Bonchev–Trinajstić information content (AvgIpc) is 2.48. The molecule has 1 amide bonds. The highest BCUT2D eigenvalue weighted by Crippen LogP contribution is 2.38. The Hall–Kier alpha value is -1.23. The van der Waals surface area contributed by atoms with Gasteiger partial charge in [-0.2, -0.15) is 0 Å². The molecule has 1 rings (SSSR count). The van der Waals surface area contributed by atoms with E-state index in [1.54, 1.807) is 12.1 Å². The molecule has 0 aliphatic rings. The summed E-state index contributed by atoms with van der Waals surface area (Å²) in [6, 6.07) is 3.40. The Bertz CT molecular complexity index is 644. The lowest BCUT2D eigenvalue weighted by atomic mass is 10.2. The third kappa shape index (κ3) is 6.98. The SMILES string of the molecule is CC(C)(C)[Si](C)(C)OCc1cc(OC(N)=O)cc(CO[Si](C)(C)C(C)(C)C)n1. The van der Waals surface area contributed by atoms with E-state index < -0.39 is 22.7 Å². The van der Waals surface area contributed by atoms with E-state index in [4.69, 9.17) is 19.3 Å². The van der Waals surface area contributed by atoms with Gasteiger partial charge >= 0.3 is 6.09 Å². The molecule has 0 saturated heterocycles. The molecule has 0 aliphatic carbocycles. The summed E-state index contributed by atoms with van der Waals surface area (Å²) in [6.07, 6.45) is -0.848. The molecule has 0 fully saturated rings. The maximum Gasteiger partial charge on any atom is 0.409 e. The fraction of sp³-hybridized carbons (Fsp3) is 0.700. The van der Waals surface area contributed by atoms with E-state index in [0.29, 0.717) is 30.4 Å². The second-order valence-electron chi connectivity index (χ2n) is 10.3. The van der Waals surface area contributed by atoms with Crippen LogP contribution in [0.15, 0.2) is 12.1 Å².